The number of esters is 2. The molecule has 0 saturated heterocycles. The lowest BCUT2D eigenvalue weighted by molar-refractivity contribution is -0.123. The maximum atomic E-state index is 12.6. The van der Waals surface area contributed by atoms with Crippen LogP contribution in [0.3, 0.4) is 0 Å². The van der Waals surface area contributed by atoms with Crippen molar-refractivity contribution in [3.63, 3.8) is 0 Å². The summed E-state index contributed by atoms with van der Waals surface area (Å²) in [6.07, 6.45) is 0. The van der Waals surface area contributed by atoms with E-state index in [1.165, 1.54) is 37.3 Å². The fraction of sp³-hybridized carbons (Fsp3) is 0.200. The second-order valence-electron chi connectivity index (χ2n) is 6.07. The van der Waals surface area contributed by atoms with E-state index in [2.05, 4.69) is 14.8 Å². The van der Waals surface area contributed by atoms with Crippen LogP contribution >= 0.6 is 0 Å². The summed E-state index contributed by atoms with van der Waals surface area (Å²) < 4.78 is 14.7. The molecule has 0 spiro atoms. The Bertz CT molecular complexity index is 952. The van der Waals surface area contributed by atoms with Crippen molar-refractivity contribution < 1.29 is 33.4 Å². The number of nitrogens with one attached hydrogen (secondary N) is 1. The maximum absolute atomic E-state index is 12.6. The summed E-state index contributed by atoms with van der Waals surface area (Å²) in [5, 5.41) is 2.59. The van der Waals surface area contributed by atoms with Crippen LogP contribution in [0.5, 0.6) is 5.75 Å². The third-order valence-corrected chi connectivity index (χ3v) is 4.17. The Balaban J connectivity index is 1.83. The van der Waals surface area contributed by atoms with Crippen LogP contribution in [0.4, 0.5) is 11.4 Å². The highest BCUT2D eigenvalue weighted by Crippen LogP contribution is 2.31. The summed E-state index contributed by atoms with van der Waals surface area (Å²) in [7, 11) is 2.40. The van der Waals surface area contributed by atoms with Crippen molar-refractivity contribution in [3.8, 4) is 5.75 Å². The van der Waals surface area contributed by atoms with Crippen molar-refractivity contribution in [1.29, 1.82) is 0 Å². The summed E-state index contributed by atoms with van der Waals surface area (Å²) in [5.41, 5.74) is 0.807. The van der Waals surface area contributed by atoms with Crippen molar-refractivity contribution in [2.45, 2.75) is 0 Å². The van der Waals surface area contributed by atoms with Gasteiger partial charge >= 0.3 is 11.9 Å². The van der Waals surface area contributed by atoms with Gasteiger partial charge in [-0.15, -0.1) is 0 Å². The van der Waals surface area contributed by atoms with E-state index >= 15 is 0 Å². The minimum absolute atomic E-state index is 0.0681. The van der Waals surface area contributed by atoms with Gasteiger partial charge in [0.1, 0.15) is 12.3 Å². The molecule has 0 unspecified atom stereocenters. The molecule has 0 bridgehead atoms. The SMILES string of the molecule is COC(=O)c1cc(NC(=O)CN2C(=O)COc3ccccc32)cc(C(=O)OC)c1. The lowest BCUT2D eigenvalue weighted by Gasteiger charge is -2.28. The molecule has 1 aliphatic heterocycles. The number of hydrogen-bond acceptors (Lipinski definition) is 7. The molecule has 9 nitrogen and oxygen atoms in total. The highest BCUT2D eigenvalue weighted by molar-refractivity contribution is 6.06. The predicted octanol–water partition coefficient (Wildman–Crippen LogP) is 1.62. The number of carbonyl (C=O) groups excluding carboxylic acids is 4. The van der Waals surface area contributed by atoms with E-state index in [0.29, 0.717) is 11.4 Å². The van der Waals surface area contributed by atoms with E-state index < -0.39 is 17.8 Å². The Hall–Kier alpha value is -3.88. The standard InChI is InChI=1S/C20H18N2O7/c1-27-19(25)12-7-13(20(26)28-2)9-14(8-12)21-17(23)10-22-15-5-3-4-6-16(15)29-11-18(22)24/h3-9H,10-11H2,1-2H3,(H,21,23). The number of amides is 2. The first-order valence-corrected chi connectivity index (χ1v) is 8.56. The zero-order chi connectivity index (χ0) is 21.0. The summed E-state index contributed by atoms with van der Waals surface area (Å²) in [6.45, 7) is -0.441. The molecule has 1 N–H and O–H groups in total. The summed E-state index contributed by atoms with van der Waals surface area (Å²) in [4.78, 5) is 49.8. The first-order chi connectivity index (χ1) is 13.9. The number of nitrogens with zero attached hydrogens (tertiary/aromatic N) is 1. The Morgan fingerprint density at radius 1 is 1.03 bits per heavy atom. The van der Waals surface area contributed by atoms with Gasteiger partial charge in [0, 0.05) is 5.69 Å². The molecule has 0 radical (unpaired) electrons. The minimum atomic E-state index is -0.677. The number of benzene rings is 2. The second-order valence-corrected chi connectivity index (χ2v) is 6.07. The molecule has 1 aliphatic rings. The van der Waals surface area contributed by atoms with E-state index in [1.54, 1.807) is 24.3 Å². The van der Waals surface area contributed by atoms with Gasteiger partial charge in [-0.2, -0.15) is 0 Å². The largest absolute Gasteiger partial charge is 0.482 e. The van der Waals surface area contributed by atoms with Crippen molar-refractivity contribution in [2.75, 3.05) is 37.6 Å². The Morgan fingerprint density at radius 2 is 1.66 bits per heavy atom. The van der Waals surface area contributed by atoms with Gasteiger partial charge in [0.25, 0.3) is 5.91 Å². The summed E-state index contributed by atoms with van der Waals surface area (Å²) >= 11 is 0. The zero-order valence-electron chi connectivity index (χ0n) is 15.8. The van der Waals surface area contributed by atoms with E-state index in [0.717, 1.165) is 0 Å². The Kier molecular flexibility index (Phi) is 5.77. The van der Waals surface area contributed by atoms with Gasteiger partial charge in [0.05, 0.1) is 31.0 Å². The topological polar surface area (TPSA) is 111 Å². The minimum Gasteiger partial charge on any atom is -0.482 e. The number of rotatable bonds is 5. The Labute approximate surface area is 166 Å². The van der Waals surface area contributed by atoms with Crippen LogP contribution in [0.1, 0.15) is 20.7 Å². The fourth-order valence-corrected chi connectivity index (χ4v) is 2.84. The van der Waals surface area contributed by atoms with Crippen molar-refractivity contribution in [3.05, 3.63) is 53.6 Å². The molecule has 3 rings (SSSR count). The van der Waals surface area contributed by atoms with Gasteiger partial charge in [0.15, 0.2) is 6.61 Å². The van der Waals surface area contributed by atoms with Crippen molar-refractivity contribution in [2.24, 2.45) is 0 Å². The molecule has 9 heteroatoms. The van der Waals surface area contributed by atoms with Crippen LogP contribution in [0.25, 0.3) is 0 Å². The van der Waals surface area contributed by atoms with E-state index in [4.69, 9.17) is 4.74 Å². The van der Waals surface area contributed by atoms with Crippen LogP contribution in [-0.2, 0) is 19.1 Å². The number of fused-ring (bicyclic) bond motifs is 1. The van der Waals surface area contributed by atoms with Crippen LogP contribution < -0.4 is 15.0 Å². The van der Waals surface area contributed by atoms with Crippen LogP contribution in [0, 0.1) is 0 Å². The number of anilines is 2. The van der Waals surface area contributed by atoms with Gasteiger partial charge < -0.3 is 19.5 Å². The van der Waals surface area contributed by atoms with Crippen LogP contribution in [0.15, 0.2) is 42.5 Å². The molecule has 0 atom stereocenters. The molecule has 0 aromatic heterocycles. The molecule has 0 saturated carbocycles. The zero-order valence-corrected chi connectivity index (χ0v) is 15.8. The monoisotopic (exact) mass is 398 g/mol. The van der Waals surface area contributed by atoms with Crippen molar-refractivity contribution >= 4 is 35.1 Å². The highest BCUT2D eigenvalue weighted by Gasteiger charge is 2.27. The number of ether oxygens (including phenoxy) is 3. The van der Waals surface area contributed by atoms with Gasteiger partial charge in [-0.25, -0.2) is 9.59 Å². The lowest BCUT2D eigenvalue weighted by atomic mass is 10.1. The van der Waals surface area contributed by atoms with E-state index in [-0.39, 0.29) is 35.9 Å². The average Bonchev–Trinajstić information content (AvgIpc) is 2.74. The smallest absolute Gasteiger partial charge is 0.337 e. The molecule has 1 heterocycles. The number of carbonyl (C=O) groups is 4. The molecule has 0 fully saturated rings. The van der Waals surface area contributed by atoms with Crippen LogP contribution in [-0.4, -0.2) is 51.1 Å². The van der Waals surface area contributed by atoms with Gasteiger partial charge in [-0.05, 0) is 30.3 Å². The van der Waals surface area contributed by atoms with Crippen molar-refractivity contribution in [1.82, 2.24) is 0 Å². The normalized spacial score (nSPS) is 12.5. The molecule has 2 amide bonds. The summed E-state index contributed by atoms with van der Waals surface area (Å²) in [6, 6.07) is 10.9. The molecule has 150 valence electrons. The van der Waals surface area contributed by atoms with E-state index in [1.807, 2.05) is 0 Å². The Morgan fingerprint density at radius 3 is 2.28 bits per heavy atom. The van der Waals surface area contributed by atoms with Gasteiger partial charge in [-0.1, -0.05) is 12.1 Å². The average molecular weight is 398 g/mol. The number of para-hydroxylation sites is 2. The predicted molar refractivity (Wildman–Crippen MR) is 102 cm³/mol. The van der Waals surface area contributed by atoms with Crippen LogP contribution in [0.2, 0.25) is 0 Å². The highest BCUT2D eigenvalue weighted by atomic mass is 16.5. The molecular formula is C20H18N2O7. The number of methoxy groups -OCH3 is 2. The lowest BCUT2D eigenvalue weighted by Crippen LogP contribution is -2.43. The second kappa shape index (κ2) is 8.42. The maximum Gasteiger partial charge on any atom is 0.337 e. The first kappa shape index (κ1) is 19.9. The molecule has 29 heavy (non-hydrogen) atoms. The first-order valence-electron chi connectivity index (χ1n) is 8.56. The summed E-state index contributed by atoms with van der Waals surface area (Å²) in [5.74, 6) is -1.74. The van der Waals surface area contributed by atoms with E-state index in [9.17, 15) is 19.2 Å². The third kappa shape index (κ3) is 4.34. The molecular weight excluding hydrogens is 380 g/mol. The molecule has 2 aromatic carbocycles. The fourth-order valence-electron chi connectivity index (χ4n) is 2.84. The third-order valence-electron chi connectivity index (χ3n) is 4.17. The molecule has 0 aliphatic carbocycles. The van der Waals surface area contributed by atoms with Gasteiger partial charge in [0.2, 0.25) is 5.91 Å². The quantitative estimate of drug-likeness (QED) is 0.762. The molecule has 2 aromatic rings. The number of hydrogen-bond donors (Lipinski definition) is 1. The van der Waals surface area contributed by atoms with Gasteiger partial charge in [-0.3, -0.25) is 14.5 Å².